The molecule has 1 aromatic heterocycles. The number of halogens is 1. The third kappa shape index (κ3) is 2.80. The molecule has 0 fully saturated rings. The maximum absolute atomic E-state index is 12.5. The number of furan rings is 1. The summed E-state index contributed by atoms with van der Waals surface area (Å²) in [6.07, 6.45) is 1.39. The summed E-state index contributed by atoms with van der Waals surface area (Å²) < 4.78 is 4.96. The molecule has 1 atom stereocenters. The van der Waals surface area contributed by atoms with Crippen molar-refractivity contribution < 1.29 is 14.3 Å². The van der Waals surface area contributed by atoms with Crippen LogP contribution in [-0.4, -0.2) is 22.5 Å². The zero-order valence-corrected chi connectivity index (χ0v) is 12.1. The lowest BCUT2D eigenvalue weighted by Gasteiger charge is -2.28. The molecule has 0 aliphatic rings. The molecule has 1 heterocycles. The van der Waals surface area contributed by atoms with Crippen LogP contribution < -0.4 is 0 Å². The summed E-state index contributed by atoms with van der Waals surface area (Å²) in [5, 5.41) is 9.64. The number of hydrogen-bond acceptors (Lipinski definition) is 3. The lowest BCUT2D eigenvalue weighted by atomic mass is 10.1. The molecular formula is C15H16ClNO3. The molecule has 5 heteroatoms. The zero-order chi connectivity index (χ0) is 14.7. The quantitative estimate of drug-likeness (QED) is 0.931. The van der Waals surface area contributed by atoms with Crippen LogP contribution in [0.2, 0.25) is 5.22 Å². The second-order valence-electron chi connectivity index (χ2n) is 4.47. The second-order valence-corrected chi connectivity index (χ2v) is 4.81. The number of amides is 1. The van der Waals surface area contributed by atoms with E-state index in [1.54, 1.807) is 29.2 Å². The normalized spacial score (nSPS) is 12.2. The number of aromatic hydroxyl groups is 1. The number of phenolic OH excluding ortho intramolecular Hbond substituents is 1. The average molecular weight is 294 g/mol. The molecule has 1 N–H and O–H groups in total. The van der Waals surface area contributed by atoms with Gasteiger partial charge in [-0.2, -0.15) is 0 Å². The van der Waals surface area contributed by atoms with Gasteiger partial charge in [0.25, 0.3) is 5.91 Å². The SMILES string of the molecule is CCN(C(=O)c1ccoc1Cl)C(C)c1cccc(O)c1. The highest BCUT2D eigenvalue weighted by Crippen LogP contribution is 2.27. The van der Waals surface area contributed by atoms with E-state index in [2.05, 4.69) is 0 Å². The van der Waals surface area contributed by atoms with Crippen LogP contribution in [0.15, 0.2) is 41.0 Å². The Morgan fingerprint density at radius 1 is 1.45 bits per heavy atom. The minimum absolute atomic E-state index is 0.0940. The van der Waals surface area contributed by atoms with Gasteiger partial charge in [0.15, 0.2) is 0 Å². The zero-order valence-electron chi connectivity index (χ0n) is 11.3. The summed E-state index contributed by atoms with van der Waals surface area (Å²) in [5.74, 6) is -0.0127. The van der Waals surface area contributed by atoms with E-state index in [9.17, 15) is 9.90 Å². The largest absolute Gasteiger partial charge is 0.508 e. The van der Waals surface area contributed by atoms with Gasteiger partial charge in [0.2, 0.25) is 5.22 Å². The average Bonchev–Trinajstić information content (AvgIpc) is 2.85. The highest BCUT2D eigenvalue weighted by Gasteiger charge is 2.24. The highest BCUT2D eigenvalue weighted by atomic mass is 35.5. The van der Waals surface area contributed by atoms with Crippen molar-refractivity contribution in [2.75, 3.05) is 6.54 Å². The van der Waals surface area contributed by atoms with E-state index in [1.807, 2.05) is 19.9 Å². The molecule has 0 radical (unpaired) electrons. The number of rotatable bonds is 4. The first-order chi connectivity index (χ1) is 9.54. The fourth-order valence-corrected chi connectivity index (χ4v) is 2.35. The van der Waals surface area contributed by atoms with Gasteiger partial charge in [-0.1, -0.05) is 12.1 Å². The Labute approximate surface area is 122 Å². The van der Waals surface area contributed by atoms with Gasteiger partial charge in [0, 0.05) is 6.54 Å². The maximum atomic E-state index is 12.5. The topological polar surface area (TPSA) is 53.7 Å². The smallest absolute Gasteiger partial charge is 0.259 e. The molecule has 4 nitrogen and oxygen atoms in total. The van der Waals surface area contributed by atoms with Crippen molar-refractivity contribution in [2.45, 2.75) is 19.9 Å². The van der Waals surface area contributed by atoms with Crippen LogP contribution in [0.5, 0.6) is 5.75 Å². The second kappa shape index (κ2) is 6.01. The monoisotopic (exact) mass is 293 g/mol. The number of nitrogens with zero attached hydrogens (tertiary/aromatic N) is 1. The lowest BCUT2D eigenvalue weighted by molar-refractivity contribution is 0.0701. The van der Waals surface area contributed by atoms with Gasteiger partial charge in [0.1, 0.15) is 5.75 Å². The Morgan fingerprint density at radius 3 is 2.75 bits per heavy atom. The van der Waals surface area contributed by atoms with E-state index < -0.39 is 0 Å². The van der Waals surface area contributed by atoms with Gasteiger partial charge in [0.05, 0.1) is 17.9 Å². The number of phenols is 1. The first kappa shape index (κ1) is 14.5. The number of hydrogen-bond donors (Lipinski definition) is 1. The Kier molecular flexibility index (Phi) is 4.35. The Bertz CT molecular complexity index is 609. The molecule has 1 unspecified atom stereocenters. The molecule has 0 spiro atoms. The van der Waals surface area contributed by atoms with E-state index in [1.165, 1.54) is 6.26 Å². The van der Waals surface area contributed by atoms with Gasteiger partial charge in [-0.05, 0) is 49.2 Å². The van der Waals surface area contributed by atoms with Crippen LogP contribution >= 0.6 is 11.6 Å². The third-order valence-electron chi connectivity index (χ3n) is 3.27. The van der Waals surface area contributed by atoms with E-state index in [4.69, 9.17) is 16.0 Å². The van der Waals surface area contributed by atoms with Crippen LogP contribution in [-0.2, 0) is 0 Å². The summed E-state index contributed by atoms with van der Waals surface area (Å²) in [4.78, 5) is 14.1. The predicted molar refractivity (Wildman–Crippen MR) is 77.0 cm³/mol. The fourth-order valence-electron chi connectivity index (χ4n) is 2.16. The minimum atomic E-state index is -0.193. The van der Waals surface area contributed by atoms with E-state index in [-0.39, 0.29) is 22.9 Å². The summed E-state index contributed by atoms with van der Waals surface area (Å²) in [6, 6.07) is 8.26. The molecule has 20 heavy (non-hydrogen) atoms. The van der Waals surface area contributed by atoms with Crippen molar-refractivity contribution in [3.8, 4) is 5.75 Å². The fraction of sp³-hybridized carbons (Fsp3) is 0.267. The summed E-state index contributed by atoms with van der Waals surface area (Å²) in [7, 11) is 0. The molecule has 1 aromatic carbocycles. The highest BCUT2D eigenvalue weighted by molar-refractivity contribution is 6.32. The maximum Gasteiger partial charge on any atom is 0.259 e. The van der Waals surface area contributed by atoms with E-state index >= 15 is 0 Å². The van der Waals surface area contributed by atoms with E-state index in [0.29, 0.717) is 12.1 Å². The molecule has 106 valence electrons. The minimum Gasteiger partial charge on any atom is -0.508 e. The first-order valence-electron chi connectivity index (χ1n) is 6.37. The molecule has 0 saturated carbocycles. The van der Waals surface area contributed by atoms with Crippen LogP contribution in [0.4, 0.5) is 0 Å². The van der Waals surface area contributed by atoms with Crippen molar-refractivity contribution in [1.29, 1.82) is 0 Å². The Balaban J connectivity index is 2.28. The van der Waals surface area contributed by atoms with Crippen molar-refractivity contribution >= 4 is 17.5 Å². The summed E-state index contributed by atoms with van der Waals surface area (Å²) in [5.41, 5.74) is 1.21. The van der Waals surface area contributed by atoms with Crippen molar-refractivity contribution in [3.05, 3.63) is 52.9 Å². The van der Waals surface area contributed by atoms with Gasteiger partial charge in [-0.3, -0.25) is 4.79 Å². The molecule has 0 saturated heterocycles. The van der Waals surface area contributed by atoms with Crippen LogP contribution in [0.3, 0.4) is 0 Å². The van der Waals surface area contributed by atoms with E-state index in [0.717, 1.165) is 5.56 Å². The molecular weight excluding hydrogens is 278 g/mol. The Hall–Kier alpha value is -1.94. The standard InChI is InChI=1S/C15H16ClNO3/c1-3-17(15(19)13-7-8-20-14(13)16)10(2)11-5-4-6-12(18)9-11/h4-10,18H,3H2,1-2H3. The van der Waals surface area contributed by atoms with Gasteiger partial charge >= 0.3 is 0 Å². The molecule has 0 aliphatic heterocycles. The van der Waals surface area contributed by atoms with Crippen molar-refractivity contribution in [3.63, 3.8) is 0 Å². The molecule has 0 aliphatic carbocycles. The van der Waals surface area contributed by atoms with Gasteiger partial charge in [-0.25, -0.2) is 0 Å². The number of carbonyl (C=O) groups is 1. The van der Waals surface area contributed by atoms with Crippen LogP contribution in [0.25, 0.3) is 0 Å². The van der Waals surface area contributed by atoms with Gasteiger partial charge in [-0.15, -0.1) is 0 Å². The van der Waals surface area contributed by atoms with Crippen LogP contribution in [0.1, 0.15) is 35.8 Å². The number of carbonyl (C=O) groups excluding carboxylic acids is 1. The molecule has 2 rings (SSSR count). The molecule has 2 aromatic rings. The molecule has 0 bridgehead atoms. The number of benzene rings is 1. The van der Waals surface area contributed by atoms with Gasteiger partial charge < -0.3 is 14.4 Å². The van der Waals surface area contributed by atoms with Crippen LogP contribution in [0, 0.1) is 0 Å². The third-order valence-corrected chi connectivity index (χ3v) is 3.56. The van der Waals surface area contributed by atoms with Crippen molar-refractivity contribution in [2.24, 2.45) is 0 Å². The molecule has 1 amide bonds. The first-order valence-corrected chi connectivity index (χ1v) is 6.75. The lowest BCUT2D eigenvalue weighted by Crippen LogP contribution is -2.33. The summed E-state index contributed by atoms with van der Waals surface area (Å²) >= 11 is 5.86. The predicted octanol–water partition coefficient (Wildman–Crippen LogP) is 3.86. The Morgan fingerprint density at radius 2 is 2.20 bits per heavy atom. The summed E-state index contributed by atoms with van der Waals surface area (Å²) in [6.45, 7) is 4.33. The van der Waals surface area contributed by atoms with Crippen molar-refractivity contribution in [1.82, 2.24) is 4.90 Å².